The van der Waals surface area contributed by atoms with Crippen molar-refractivity contribution in [2.75, 3.05) is 11.5 Å². The zero-order valence-electron chi connectivity index (χ0n) is 22.2. The molecule has 0 saturated carbocycles. The third kappa shape index (κ3) is 9.81. The van der Waals surface area contributed by atoms with E-state index in [0.29, 0.717) is 5.75 Å². The fourth-order valence-corrected chi connectivity index (χ4v) is 7.93. The van der Waals surface area contributed by atoms with E-state index in [9.17, 15) is 13.7 Å². The van der Waals surface area contributed by atoms with Crippen LogP contribution in [0.2, 0.25) is 0 Å². The first kappa shape index (κ1) is 29.7. The van der Waals surface area contributed by atoms with E-state index in [0.717, 1.165) is 91.6 Å². The average Bonchev–Trinajstić information content (AvgIpc) is 3.30. The highest BCUT2D eigenvalue weighted by atomic mass is 32.2. The Morgan fingerprint density at radius 3 is 2.37 bits per heavy atom. The van der Waals surface area contributed by atoms with Crippen molar-refractivity contribution in [3.8, 4) is 6.07 Å². The number of hydrogen-bond acceptors (Lipinski definition) is 4. The van der Waals surface area contributed by atoms with Crippen molar-refractivity contribution in [1.29, 1.82) is 5.26 Å². The molecule has 3 nitrogen and oxygen atoms in total. The lowest BCUT2D eigenvalue weighted by molar-refractivity contribution is 0.532. The fraction of sp³-hybridized carbons (Fsp3) is 0.633. The molecule has 1 aromatic rings. The first-order valence-electron chi connectivity index (χ1n) is 13.7. The highest BCUT2D eigenvalue weighted by Gasteiger charge is 2.25. The monoisotopic (exact) mass is 515 g/mol. The van der Waals surface area contributed by atoms with E-state index < -0.39 is 9.84 Å². The predicted octanol–water partition coefficient (Wildman–Crippen LogP) is 8.80. The standard InChI is InChI=1S/C30H45NO2S2/c1-4-6-8-9-10-15-23-35(32,33)27(18-7-5-2)19-13-12-17-26-21-22-34-30(26)29(24-31)28-20-14-11-16-25(28)3/h11,14,16,20-21,27H,4-10,12-13,15,17-19,22-23H2,1-3H3. The van der Waals surface area contributed by atoms with Crippen molar-refractivity contribution < 1.29 is 8.42 Å². The Labute approximate surface area is 219 Å². The number of nitrogens with zero attached hydrogens (tertiary/aromatic N) is 1. The summed E-state index contributed by atoms with van der Waals surface area (Å²) in [5.41, 5.74) is 4.18. The SMILES string of the molecule is CCCCCCCCS(=O)(=O)C(CCCC)CCCCC1=CCSC1=C(C#N)c1ccccc1C. The lowest BCUT2D eigenvalue weighted by Gasteiger charge is -2.18. The van der Waals surface area contributed by atoms with E-state index in [-0.39, 0.29) is 5.25 Å². The predicted molar refractivity (Wildman–Crippen MR) is 153 cm³/mol. The number of unbranched alkanes of at least 4 members (excludes halogenated alkanes) is 7. The van der Waals surface area contributed by atoms with Crippen LogP contribution in [0.3, 0.4) is 0 Å². The summed E-state index contributed by atoms with van der Waals surface area (Å²) in [5.74, 6) is 1.26. The van der Waals surface area contributed by atoms with Crippen LogP contribution in [0, 0.1) is 18.3 Å². The van der Waals surface area contributed by atoms with Crippen LogP contribution in [-0.4, -0.2) is 25.2 Å². The lowest BCUT2D eigenvalue weighted by Crippen LogP contribution is -2.24. The molecule has 0 fully saturated rings. The summed E-state index contributed by atoms with van der Waals surface area (Å²) in [6, 6.07) is 10.5. The van der Waals surface area contributed by atoms with Crippen LogP contribution in [0.4, 0.5) is 0 Å². The number of allylic oxidation sites excluding steroid dienone is 2. The Hall–Kier alpha value is -1.51. The number of benzene rings is 1. The van der Waals surface area contributed by atoms with Crippen LogP contribution in [0.25, 0.3) is 5.57 Å². The van der Waals surface area contributed by atoms with Gasteiger partial charge in [0, 0.05) is 10.7 Å². The molecule has 0 spiro atoms. The van der Waals surface area contributed by atoms with Gasteiger partial charge < -0.3 is 0 Å². The Balaban J connectivity index is 1.92. The van der Waals surface area contributed by atoms with E-state index in [1.807, 2.05) is 18.2 Å². The number of thioether (sulfide) groups is 1. The highest BCUT2D eigenvalue weighted by molar-refractivity contribution is 8.04. The second-order valence-corrected chi connectivity index (χ2v) is 13.2. The molecule has 194 valence electrons. The topological polar surface area (TPSA) is 57.9 Å². The van der Waals surface area contributed by atoms with Crippen molar-refractivity contribution in [2.24, 2.45) is 0 Å². The van der Waals surface area contributed by atoms with Crippen molar-refractivity contribution in [3.05, 3.63) is 51.9 Å². The van der Waals surface area contributed by atoms with E-state index in [1.165, 1.54) is 24.8 Å². The largest absolute Gasteiger partial charge is 0.229 e. The van der Waals surface area contributed by atoms with Gasteiger partial charge in [-0.05, 0) is 55.7 Å². The van der Waals surface area contributed by atoms with E-state index >= 15 is 0 Å². The maximum absolute atomic E-state index is 13.1. The van der Waals surface area contributed by atoms with Gasteiger partial charge in [0.25, 0.3) is 0 Å². The maximum Gasteiger partial charge on any atom is 0.153 e. The summed E-state index contributed by atoms with van der Waals surface area (Å²) >= 11 is 1.75. The first-order valence-corrected chi connectivity index (χ1v) is 16.4. The fourth-order valence-electron chi connectivity index (χ4n) is 4.82. The van der Waals surface area contributed by atoms with Gasteiger partial charge in [0.2, 0.25) is 0 Å². The Kier molecular flexibility index (Phi) is 13.8. The Bertz CT molecular complexity index is 986. The summed E-state index contributed by atoms with van der Waals surface area (Å²) < 4.78 is 26.2. The van der Waals surface area contributed by atoms with Crippen molar-refractivity contribution in [3.63, 3.8) is 0 Å². The van der Waals surface area contributed by atoms with Crippen LogP contribution in [0.1, 0.15) is 108 Å². The number of nitriles is 1. The van der Waals surface area contributed by atoms with Gasteiger partial charge in [-0.1, -0.05) is 95.6 Å². The van der Waals surface area contributed by atoms with Gasteiger partial charge >= 0.3 is 0 Å². The molecule has 1 atom stereocenters. The third-order valence-corrected chi connectivity index (χ3v) is 10.4. The molecular weight excluding hydrogens is 470 g/mol. The summed E-state index contributed by atoms with van der Waals surface area (Å²) in [6.07, 6.45) is 15.3. The molecule has 1 aromatic carbocycles. The van der Waals surface area contributed by atoms with Crippen LogP contribution in [0.15, 0.2) is 40.8 Å². The number of hydrogen-bond donors (Lipinski definition) is 0. The average molecular weight is 516 g/mol. The van der Waals surface area contributed by atoms with Crippen LogP contribution in [0.5, 0.6) is 0 Å². The quantitative estimate of drug-likeness (QED) is 0.154. The number of sulfone groups is 1. The van der Waals surface area contributed by atoms with Gasteiger partial charge in [0.15, 0.2) is 9.84 Å². The van der Waals surface area contributed by atoms with Crippen LogP contribution in [-0.2, 0) is 9.84 Å². The van der Waals surface area contributed by atoms with E-state index in [2.05, 4.69) is 39.0 Å². The van der Waals surface area contributed by atoms with Gasteiger partial charge in [-0.15, -0.1) is 11.8 Å². The molecule has 0 saturated heterocycles. The third-order valence-electron chi connectivity index (χ3n) is 6.99. The van der Waals surface area contributed by atoms with Crippen molar-refractivity contribution in [1.82, 2.24) is 0 Å². The Morgan fingerprint density at radius 1 is 0.971 bits per heavy atom. The smallest absolute Gasteiger partial charge is 0.153 e. The van der Waals surface area contributed by atoms with Crippen molar-refractivity contribution in [2.45, 2.75) is 109 Å². The molecule has 0 N–H and O–H groups in total. The van der Waals surface area contributed by atoms with Gasteiger partial charge in [-0.3, -0.25) is 0 Å². The van der Waals surface area contributed by atoms with Gasteiger partial charge in [-0.25, -0.2) is 8.42 Å². The zero-order valence-corrected chi connectivity index (χ0v) is 23.8. The normalized spacial score (nSPS) is 16.1. The number of rotatable bonds is 17. The zero-order chi connectivity index (χ0) is 25.5. The molecule has 1 heterocycles. The van der Waals surface area contributed by atoms with Gasteiger partial charge in [-0.2, -0.15) is 5.26 Å². The number of aryl methyl sites for hydroxylation is 1. The summed E-state index contributed by atoms with van der Waals surface area (Å²) in [4.78, 5) is 1.11. The molecular formula is C30H45NO2S2. The summed E-state index contributed by atoms with van der Waals surface area (Å²) in [5, 5.41) is 9.72. The van der Waals surface area contributed by atoms with Crippen LogP contribution >= 0.6 is 11.8 Å². The second kappa shape index (κ2) is 16.3. The molecule has 35 heavy (non-hydrogen) atoms. The molecule has 0 bridgehead atoms. The maximum atomic E-state index is 13.1. The minimum Gasteiger partial charge on any atom is -0.229 e. The van der Waals surface area contributed by atoms with Gasteiger partial charge in [0.1, 0.15) is 6.07 Å². The van der Waals surface area contributed by atoms with Gasteiger partial charge in [0.05, 0.1) is 16.6 Å². The molecule has 2 rings (SSSR count). The first-order chi connectivity index (χ1) is 16.9. The lowest BCUT2D eigenvalue weighted by atomic mass is 9.97. The Morgan fingerprint density at radius 2 is 1.66 bits per heavy atom. The van der Waals surface area contributed by atoms with Crippen molar-refractivity contribution >= 4 is 27.2 Å². The minimum atomic E-state index is -3.03. The summed E-state index contributed by atoms with van der Waals surface area (Å²) in [7, 11) is -3.03. The molecule has 1 aliphatic rings. The van der Waals surface area contributed by atoms with E-state index in [1.54, 1.807) is 11.8 Å². The van der Waals surface area contributed by atoms with Crippen LogP contribution < -0.4 is 0 Å². The molecule has 1 aliphatic heterocycles. The van der Waals surface area contributed by atoms with E-state index in [4.69, 9.17) is 0 Å². The molecule has 5 heteroatoms. The molecule has 0 aromatic heterocycles. The molecule has 0 radical (unpaired) electrons. The second-order valence-electron chi connectivity index (χ2n) is 9.82. The molecule has 1 unspecified atom stereocenters. The minimum absolute atomic E-state index is 0.193. The highest BCUT2D eigenvalue weighted by Crippen LogP contribution is 2.40. The molecule has 0 amide bonds. The summed E-state index contributed by atoms with van der Waals surface area (Å²) in [6.45, 7) is 6.39. The molecule has 0 aliphatic carbocycles.